The molecule has 0 aliphatic heterocycles. The lowest BCUT2D eigenvalue weighted by Crippen LogP contribution is -2.20. The number of halogens is 1. The van der Waals surface area contributed by atoms with E-state index < -0.39 is 0 Å². The smallest absolute Gasteiger partial charge is 0.133 e. The predicted octanol–water partition coefficient (Wildman–Crippen LogP) is 3.86. The van der Waals surface area contributed by atoms with Crippen molar-refractivity contribution in [2.24, 2.45) is 11.8 Å². The van der Waals surface area contributed by atoms with Crippen molar-refractivity contribution in [2.45, 2.75) is 27.2 Å². The van der Waals surface area contributed by atoms with Crippen molar-refractivity contribution < 1.29 is 9.53 Å². The van der Waals surface area contributed by atoms with Gasteiger partial charge in [0.05, 0.1) is 7.11 Å². The van der Waals surface area contributed by atoms with Crippen molar-refractivity contribution in [3.63, 3.8) is 0 Å². The number of methoxy groups -OCH3 is 1. The molecular weight excluding hydrogens is 280 g/mol. The highest BCUT2D eigenvalue weighted by molar-refractivity contribution is 9.10. The van der Waals surface area contributed by atoms with Crippen LogP contribution in [0.5, 0.6) is 5.75 Å². The van der Waals surface area contributed by atoms with Crippen LogP contribution in [0.15, 0.2) is 22.7 Å². The standard InChI is InChI=1S/C14H19BrO2/c1-9(2)13(10(3)16)8-11-7-12(17-4)5-6-14(11)15/h5-7,9,13H,8H2,1-4H3. The van der Waals surface area contributed by atoms with E-state index in [1.165, 1.54) is 0 Å². The number of hydrogen-bond donors (Lipinski definition) is 0. The van der Waals surface area contributed by atoms with Crippen LogP contribution in [0.1, 0.15) is 26.3 Å². The Balaban J connectivity index is 2.96. The third-order valence-electron chi connectivity index (χ3n) is 3.02. The third-order valence-corrected chi connectivity index (χ3v) is 3.79. The van der Waals surface area contributed by atoms with Gasteiger partial charge in [0.2, 0.25) is 0 Å². The first kappa shape index (κ1) is 14.2. The monoisotopic (exact) mass is 298 g/mol. The van der Waals surface area contributed by atoms with Gasteiger partial charge in [-0.15, -0.1) is 0 Å². The van der Waals surface area contributed by atoms with Crippen LogP contribution in [0, 0.1) is 11.8 Å². The van der Waals surface area contributed by atoms with Gasteiger partial charge in [-0.25, -0.2) is 0 Å². The van der Waals surface area contributed by atoms with Crippen molar-refractivity contribution in [1.29, 1.82) is 0 Å². The summed E-state index contributed by atoms with van der Waals surface area (Å²) in [5.74, 6) is 1.49. The molecule has 0 spiro atoms. The lowest BCUT2D eigenvalue weighted by molar-refractivity contribution is -0.121. The Labute approximate surface area is 111 Å². The van der Waals surface area contributed by atoms with Gasteiger partial charge in [0.1, 0.15) is 11.5 Å². The molecule has 0 heterocycles. The van der Waals surface area contributed by atoms with E-state index in [1.54, 1.807) is 14.0 Å². The van der Waals surface area contributed by atoms with Crippen LogP contribution in [0.3, 0.4) is 0 Å². The zero-order valence-electron chi connectivity index (χ0n) is 10.8. The normalized spacial score (nSPS) is 12.6. The number of carbonyl (C=O) groups excluding carboxylic acids is 1. The quantitative estimate of drug-likeness (QED) is 0.825. The highest BCUT2D eigenvalue weighted by atomic mass is 79.9. The van der Waals surface area contributed by atoms with Crippen molar-refractivity contribution >= 4 is 21.7 Å². The Morgan fingerprint density at radius 1 is 1.41 bits per heavy atom. The summed E-state index contributed by atoms with van der Waals surface area (Å²) < 4.78 is 6.24. The Hall–Kier alpha value is -0.830. The van der Waals surface area contributed by atoms with Gasteiger partial charge in [0, 0.05) is 10.4 Å². The third kappa shape index (κ3) is 3.84. The minimum absolute atomic E-state index is 0.0680. The molecule has 2 nitrogen and oxygen atoms in total. The van der Waals surface area contributed by atoms with Crippen LogP contribution in [0.4, 0.5) is 0 Å². The summed E-state index contributed by atoms with van der Waals surface area (Å²) in [6, 6.07) is 5.86. The van der Waals surface area contributed by atoms with Gasteiger partial charge in [0.15, 0.2) is 0 Å². The van der Waals surface area contributed by atoms with Gasteiger partial charge in [-0.3, -0.25) is 4.79 Å². The van der Waals surface area contributed by atoms with E-state index in [1.807, 2.05) is 18.2 Å². The minimum Gasteiger partial charge on any atom is -0.497 e. The molecule has 3 heteroatoms. The van der Waals surface area contributed by atoms with E-state index in [0.29, 0.717) is 5.92 Å². The molecule has 1 unspecified atom stereocenters. The number of hydrogen-bond acceptors (Lipinski definition) is 2. The van der Waals surface area contributed by atoms with E-state index in [0.717, 1.165) is 22.2 Å². The largest absolute Gasteiger partial charge is 0.497 e. The Bertz CT molecular complexity index is 399. The van der Waals surface area contributed by atoms with Gasteiger partial charge in [-0.2, -0.15) is 0 Å². The molecule has 0 saturated heterocycles. The Morgan fingerprint density at radius 3 is 2.53 bits per heavy atom. The lowest BCUT2D eigenvalue weighted by Gasteiger charge is -2.19. The molecule has 0 aliphatic carbocycles. The molecule has 0 N–H and O–H groups in total. The molecule has 1 aromatic carbocycles. The van der Waals surface area contributed by atoms with Gasteiger partial charge >= 0.3 is 0 Å². The molecular formula is C14H19BrO2. The zero-order chi connectivity index (χ0) is 13.0. The van der Waals surface area contributed by atoms with Crippen LogP contribution < -0.4 is 4.74 Å². The van der Waals surface area contributed by atoms with Crippen LogP contribution in [-0.4, -0.2) is 12.9 Å². The van der Waals surface area contributed by atoms with E-state index in [2.05, 4.69) is 29.8 Å². The number of carbonyl (C=O) groups is 1. The summed E-state index contributed by atoms with van der Waals surface area (Å²) in [6.07, 6.45) is 0.755. The van der Waals surface area contributed by atoms with Crippen molar-refractivity contribution in [3.05, 3.63) is 28.2 Å². The lowest BCUT2D eigenvalue weighted by atomic mass is 9.86. The number of benzene rings is 1. The zero-order valence-corrected chi connectivity index (χ0v) is 12.4. The van der Waals surface area contributed by atoms with Gasteiger partial charge < -0.3 is 4.74 Å². The van der Waals surface area contributed by atoms with Crippen molar-refractivity contribution in [3.8, 4) is 5.75 Å². The maximum Gasteiger partial charge on any atom is 0.133 e. The number of ketones is 1. The fourth-order valence-corrected chi connectivity index (χ4v) is 2.33. The SMILES string of the molecule is COc1ccc(Br)c(CC(C(C)=O)C(C)C)c1. The summed E-state index contributed by atoms with van der Waals surface area (Å²) in [5.41, 5.74) is 1.12. The fourth-order valence-electron chi connectivity index (χ4n) is 1.92. The van der Waals surface area contributed by atoms with E-state index in [-0.39, 0.29) is 11.7 Å². The highest BCUT2D eigenvalue weighted by Gasteiger charge is 2.20. The summed E-state index contributed by atoms with van der Waals surface area (Å²) in [6.45, 7) is 5.83. The van der Waals surface area contributed by atoms with Crippen molar-refractivity contribution in [2.75, 3.05) is 7.11 Å². The molecule has 17 heavy (non-hydrogen) atoms. The first-order valence-corrected chi connectivity index (χ1v) is 6.58. The van der Waals surface area contributed by atoms with Gasteiger partial charge in [0.25, 0.3) is 0 Å². The molecule has 1 aromatic rings. The Morgan fingerprint density at radius 2 is 2.06 bits per heavy atom. The summed E-state index contributed by atoms with van der Waals surface area (Å²) in [5, 5.41) is 0. The summed E-state index contributed by atoms with van der Waals surface area (Å²) >= 11 is 3.52. The number of rotatable bonds is 5. The minimum atomic E-state index is 0.0680. The molecule has 0 aliphatic rings. The molecule has 0 radical (unpaired) electrons. The second-order valence-electron chi connectivity index (χ2n) is 4.62. The molecule has 1 rings (SSSR count). The van der Waals surface area contributed by atoms with Crippen LogP contribution >= 0.6 is 15.9 Å². The molecule has 0 bridgehead atoms. The van der Waals surface area contributed by atoms with Crippen LogP contribution in [0.25, 0.3) is 0 Å². The van der Waals surface area contributed by atoms with Gasteiger partial charge in [-0.05, 0) is 43.0 Å². The van der Waals surface area contributed by atoms with E-state index >= 15 is 0 Å². The van der Waals surface area contributed by atoms with Crippen LogP contribution in [0.2, 0.25) is 0 Å². The first-order valence-electron chi connectivity index (χ1n) is 5.78. The van der Waals surface area contributed by atoms with Crippen molar-refractivity contribution in [1.82, 2.24) is 0 Å². The van der Waals surface area contributed by atoms with E-state index in [9.17, 15) is 4.79 Å². The Kier molecular flexibility index (Phi) is 5.19. The maximum absolute atomic E-state index is 11.6. The average Bonchev–Trinajstić information content (AvgIpc) is 2.27. The van der Waals surface area contributed by atoms with E-state index in [4.69, 9.17) is 4.74 Å². The molecule has 0 aromatic heterocycles. The highest BCUT2D eigenvalue weighted by Crippen LogP contribution is 2.27. The molecule has 0 amide bonds. The topological polar surface area (TPSA) is 26.3 Å². The fraction of sp³-hybridized carbons (Fsp3) is 0.500. The maximum atomic E-state index is 11.6. The number of ether oxygens (including phenoxy) is 1. The molecule has 0 fully saturated rings. The summed E-state index contributed by atoms with van der Waals surface area (Å²) in [4.78, 5) is 11.6. The molecule has 94 valence electrons. The predicted molar refractivity (Wildman–Crippen MR) is 73.4 cm³/mol. The van der Waals surface area contributed by atoms with Gasteiger partial charge in [-0.1, -0.05) is 29.8 Å². The molecule has 0 saturated carbocycles. The summed E-state index contributed by atoms with van der Waals surface area (Å²) in [7, 11) is 1.65. The second kappa shape index (κ2) is 6.20. The molecule has 1 atom stereocenters. The first-order chi connectivity index (χ1) is 7.95. The average molecular weight is 299 g/mol. The second-order valence-corrected chi connectivity index (χ2v) is 5.48. The number of Topliss-reactive ketones (excluding diaryl/α,β-unsaturated/α-hetero) is 1. The van der Waals surface area contributed by atoms with Crippen LogP contribution in [-0.2, 0) is 11.2 Å².